The van der Waals surface area contributed by atoms with Gasteiger partial charge in [-0.15, -0.1) is 10.2 Å². The van der Waals surface area contributed by atoms with Crippen LogP contribution < -0.4 is 0 Å². The first kappa shape index (κ1) is 21.2. The second kappa shape index (κ2) is 9.87. The zero-order valence-corrected chi connectivity index (χ0v) is 17.8. The van der Waals surface area contributed by atoms with Crippen LogP contribution >= 0.6 is 0 Å². The lowest BCUT2D eigenvalue weighted by Crippen LogP contribution is -2.35. The molecule has 4 rings (SSSR count). The molecule has 32 heavy (non-hydrogen) atoms. The first-order valence-electron chi connectivity index (χ1n) is 10.4. The number of ether oxygens (including phenoxy) is 1. The van der Waals surface area contributed by atoms with Gasteiger partial charge >= 0.3 is 5.97 Å². The standard InChI is InChI=1S/C25H24N4O3/c1-19-26-27-23-13-12-22(17-29(19)23)25(31)32-18-24(30)28(16-21-10-6-3-7-11-21)15-14-20-8-4-2-5-9-20/h2-13,17H,14-16,18H2,1H3. The number of esters is 1. The van der Waals surface area contributed by atoms with Crippen LogP contribution in [0.5, 0.6) is 0 Å². The number of hydrogen-bond donors (Lipinski definition) is 0. The van der Waals surface area contributed by atoms with E-state index in [1.165, 1.54) is 0 Å². The number of rotatable bonds is 8. The van der Waals surface area contributed by atoms with Crippen molar-refractivity contribution in [3.8, 4) is 0 Å². The van der Waals surface area contributed by atoms with Gasteiger partial charge in [0.05, 0.1) is 5.56 Å². The summed E-state index contributed by atoms with van der Waals surface area (Å²) in [5.74, 6) is -0.128. The topological polar surface area (TPSA) is 76.8 Å². The van der Waals surface area contributed by atoms with Crippen molar-refractivity contribution in [2.45, 2.75) is 19.9 Å². The Balaban J connectivity index is 1.42. The molecule has 2 heterocycles. The Hall–Kier alpha value is -4.00. The minimum absolute atomic E-state index is 0.236. The van der Waals surface area contributed by atoms with Gasteiger partial charge in [0.2, 0.25) is 0 Å². The van der Waals surface area contributed by atoms with E-state index in [1.807, 2.05) is 60.7 Å². The Morgan fingerprint density at radius 3 is 2.31 bits per heavy atom. The molecular weight excluding hydrogens is 404 g/mol. The first-order valence-corrected chi connectivity index (χ1v) is 10.4. The predicted molar refractivity (Wildman–Crippen MR) is 120 cm³/mol. The molecule has 0 atom stereocenters. The fourth-order valence-corrected chi connectivity index (χ4v) is 3.43. The van der Waals surface area contributed by atoms with Crippen LogP contribution in [0.4, 0.5) is 0 Å². The van der Waals surface area contributed by atoms with Crippen molar-refractivity contribution in [1.82, 2.24) is 19.5 Å². The third-order valence-corrected chi connectivity index (χ3v) is 5.22. The van der Waals surface area contributed by atoms with Gasteiger partial charge in [-0.05, 0) is 36.6 Å². The summed E-state index contributed by atoms with van der Waals surface area (Å²) < 4.78 is 7.05. The van der Waals surface area contributed by atoms with Crippen LogP contribution in [-0.2, 0) is 22.5 Å². The molecule has 0 saturated carbocycles. The van der Waals surface area contributed by atoms with Crippen molar-refractivity contribution in [1.29, 1.82) is 0 Å². The fraction of sp³-hybridized carbons (Fsp3) is 0.200. The van der Waals surface area contributed by atoms with Gasteiger partial charge in [0.1, 0.15) is 5.82 Å². The molecule has 0 aliphatic rings. The molecule has 2 aromatic heterocycles. The molecule has 7 nitrogen and oxygen atoms in total. The van der Waals surface area contributed by atoms with Gasteiger partial charge in [0.15, 0.2) is 12.3 Å². The summed E-state index contributed by atoms with van der Waals surface area (Å²) in [7, 11) is 0. The minimum Gasteiger partial charge on any atom is -0.452 e. The van der Waals surface area contributed by atoms with Gasteiger partial charge in [0, 0.05) is 19.3 Å². The van der Waals surface area contributed by atoms with E-state index in [1.54, 1.807) is 34.6 Å². The van der Waals surface area contributed by atoms with E-state index in [-0.39, 0.29) is 12.5 Å². The highest BCUT2D eigenvalue weighted by molar-refractivity contribution is 5.91. The maximum atomic E-state index is 13.0. The van der Waals surface area contributed by atoms with E-state index < -0.39 is 5.97 Å². The number of fused-ring (bicyclic) bond motifs is 1. The predicted octanol–water partition coefficient (Wildman–Crippen LogP) is 3.47. The molecule has 1 amide bonds. The molecule has 7 heteroatoms. The van der Waals surface area contributed by atoms with Crippen molar-refractivity contribution < 1.29 is 14.3 Å². The van der Waals surface area contributed by atoms with Crippen LogP contribution in [0, 0.1) is 6.92 Å². The van der Waals surface area contributed by atoms with Crippen LogP contribution in [-0.4, -0.2) is 44.5 Å². The number of aryl methyl sites for hydroxylation is 1. The van der Waals surface area contributed by atoms with Gasteiger partial charge in [0.25, 0.3) is 5.91 Å². The van der Waals surface area contributed by atoms with Gasteiger partial charge < -0.3 is 9.64 Å². The molecule has 2 aromatic carbocycles. The summed E-state index contributed by atoms with van der Waals surface area (Å²) in [4.78, 5) is 27.2. The van der Waals surface area contributed by atoms with Crippen LogP contribution in [0.1, 0.15) is 27.3 Å². The average molecular weight is 428 g/mol. The molecule has 0 aliphatic heterocycles. The molecule has 0 saturated heterocycles. The van der Waals surface area contributed by atoms with Crippen molar-refractivity contribution in [3.05, 3.63) is 102 Å². The summed E-state index contributed by atoms with van der Waals surface area (Å²) in [6.45, 7) is 2.46. The first-order chi connectivity index (χ1) is 15.6. The van der Waals surface area contributed by atoms with Crippen molar-refractivity contribution in [2.24, 2.45) is 0 Å². The maximum absolute atomic E-state index is 13.0. The molecule has 0 bridgehead atoms. The third kappa shape index (κ3) is 5.18. The molecule has 0 unspecified atom stereocenters. The number of carbonyl (C=O) groups is 2. The zero-order valence-electron chi connectivity index (χ0n) is 17.8. The van der Waals surface area contributed by atoms with E-state index in [0.717, 1.165) is 17.5 Å². The summed E-state index contributed by atoms with van der Waals surface area (Å²) in [6, 6.07) is 23.1. The lowest BCUT2D eigenvalue weighted by Gasteiger charge is -2.23. The summed E-state index contributed by atoms with van der Waals surface area (Å²) >= 11 is 0. The monoisotopic (exact) mass is 428 g/mol. The van der Waals surface area contributed by atoms with Crippen molar-refractivity contribution >= 4 is 17.5 Å². The summed E-state index contributed by atoms with van der Waals surface area (Å²) in [6.07, 6.45) is 2.34. The Labute approximate surface area is 186 Å². The number of aromatic nitrogens is 3. The normalized spacial score (nSPS) is 10.8. The van der Waals surface area contributed by atoms with Gasteiger partial charge in [-0.2, -0.15) is 0 Å². The second-order valence-electron chi connectivity index (χ2n) is 7.51. The van der Waals surface area contributed by atoms with Crippen LogP contribution in [0.3, 0.4) is 0 Å². The SMILES string of the molecule is Cc1nnc2ccc(C(=O)OCC(=O)N(CCc3ccccc3)Cc3ccccc3)cn12. The zero-order chi connectivity index (χ0) is 22.3. The number of amides is 1. The molecular formula is C25H24N4O3. The van der Waals surface area contributed by atoms with E-state index >= 15 is 0 Å². The van der Waals surface area contributed by atoms with E-state index in [0.29, 0.717) is 30.1 Å². The minimum atomic E-state index is -0.559. The number of pyridine rings is 1. The highest BCUT2D eigenvalue weighted by Crippen LogP contribution is 2.10. The number of hydrogen-bond acceptors (Lipinski definition) is 5. The highest BCUT2D eigenvalue weighted by Gasteiger charge is 2.18. The molecule has 0 spiro atoms. The lowest BCUT2D eigenvalue weighted by atomic mass is 10.1. The molecule has 0 fully saturated rings. The quantitative estimate of drug-likeness (QED) is 0.402. The average Bonchev–Trinajstić information content (AvgIpc) is 3.21. The second-order valence-corrected chi connectivity index (χ2v) is 7.51. The molecule has 162 valence electrons. The van der Waals surface area contributed by atoms with Crippen molar-refractivity contribution in [3.63, 3.8) is 0 Å². The largest absolute Gasteiger partial charge is 0.452 e. The molecule has 0 radical (unpaired) electrons. The van der Waals surface area contributed by atoms with Crippen LogP contribution in [0.15, 0.2) is 79.0 Å². The van der Waals surface area contributed by atoms with Gasteiger partial charge in [-0.3, -0.25) is 9.20 Å². The maximum Gasteiger partial charge on any atom is 0.340 e. The Morgan fingerprint density at radius 2 is 1.59 bits per heavy atom. The lowest BCUT2D eigenvalue weighted by molar-refractivity contribution is -0.135. The number of nitrogens with zero attached hydrogens (tertiary/aromatic N) is 4. The molecule has 4 aromatic rings. The highest BCUT2D eigenvalue weighted by atomic mass is 16.5. The fourth-order valence-electron chi connectivity index (χ4n) is 3.43. The number of benzene rings is 2. The van der Waals surface area contributed by atoms with E-state index in [2.05, 4.69) is 10.2 Å². The van der Waals surface area contributed by atoms with E-state index in [4.69, 9.17) is 4.74 Å². The Morgan fingerprint density at radius 1 is 0.906 bits per heavy atom. The van der Waals surface area contributed by atoms with Crippen LogP contribution in [0.25, 0.3) is 5.65 Å². The smallest absolute Gasteiger partial charge is 0.340 e. The molecule has 0 aliphatic carbocycles. The van der Waals surface area contributed by atoms with E-state index in [9.17, 15) is 9.59 Å². The van der Waals surface area contributed by atoms with Gasteiger partial charge in [-0.1, -0.05) is 60.7 Å². The Kier molecular flexibility index (Phi) is 6.55. The van der Waals surface area contributed by atoms with Crippen molar-refractivity contribution in [2.75, 3.05) is 13.2 Å². The summed E-state index contributed by atoms with van der Waals surface area (Å²) in [5.41, 5.74) is 3.15. The Bertz CT molecular complexity index is 1210. The summed E-state index contributed by atoms with van der Waals surface area (Å²) in [5, 5.41) is 7.98. The molecule has 0 N–H and O–H groups in total. The number of carbonyl (C=O) groups excluding carboxylic acids is 2. The van der Waals surface area contributed by atoms with Crippen LogP contribution in [0.2, 0.25) is 0 Å². The third-order valence-electron chi connectivity index (χ3n) is 5.22. The van der Waals surface area contributed by atoms with Gasteiger partial charge in [-0.25, -0.2) is 4.79 Å².